The largest absolute Gasteiger partial charge is 0.488 e. The topological polar surface area (TPSA) is 27.7 Å². The Labute approximate surface area is 110 Å². The predicted molar refractivity (Wildman–Crippen MR) is 73.2 cm³/mol. The molecule has 102 valence electrons. The van der Waals surface area contributed by atoms with Crippen LogP contribution in [0.3, 0.4) is 0 Å². The van der Waals surface area contributed by atoms with Gasteiger partial charge in [0, 0.05) is 13.2 Å². The molecule has 1 aromatic carbocycles. The van der Waals surface area contributed by atoms with Crippen LogP contribution in [0.15, 0.2) is 12.1 Å². The Morgan fingerprint density at radius 2 is 1.50 bits per heavy atom. The normalized spacial score (nSPS) is 11.0. The highest BCUT2D eigenvalue weighted by Crippen LogP contribution is 2.25. The Morgan fingerprint density at radius 1 is 0.944 bits per heavy atom. The van der Waals surface area contributed by atoms with E-state index in [4.69, 9.17) is 14.2 Å². The lowest BCUT2D eigenvalue weighted by Crippen LogP contribution is -2.25. The van der Waals surface area contributed by atoms with Crippen LogP contribution in [-0.2, 0) is 9.47 Å². The molecule has 0 saturated carbocycles. The molecule has 0 aliphatic heterocycles. The molecule has 0 aliphatic carbocycles. The predicted octanol–water partition coefficient (Wildman–Crippen LogP) is 3.39. The molecule has 3 heteroatoms. The van der Waals surface area contributed by atoms with E-state index in [9.17, 15) is 0 Å². The van der Waals surface area contributed by atoms with Crippen LogP contribution in [0.5, 0.6) is 5.75 Å². The summed E-state index contributed by atoms with van der Waals surface area (Å²) in [7, 11) is 0. The zero-order valence-electron chi connectivity index (χ0n) is 12.1. The number of ether oxygens (including phenoxy) is 3. The third-order valence-corrected chi connectivity index (χ3v) is 2.94. The summed E-state index contributed by atoms with van der Waals surface area (Å²) in [6, 6.07) is 4.19. The minimum Gasteiger partial charge on any atom is -0.488 e. The van der Waals surface area contributed by atoms with Crippen molar-refractivity contribution in [3.8, 4) is 5.75 Å². The molecule has 0 aromatic heterocycles. The van der Waals surface area contributed by atoms with Gasteiger partial charge >= 0.3 is 0 Å². The maximum atomic E-state index is 5.87. The first kappa shape index (κ1) is 15.0. The molecule has 0 N–H and O–H groups in total. The van der Waals surface area contributed by atoms with Gasteiger partial charge in [0.05, 0.1) is 0 Å². The highest BCUT2D eigenvalue weighted by Gasteiger charge is 2.12. The van der Waals surface area contributed by atoms with Gasteiger partial charge in [-0.1, -0.05) is 12.1 Å². The van der Waals surface area contributed by atoms with Gasteiger partial charge in [-0.25, -0.2) is 0 Å². The second kappa shape index (κ2) is 7.39. The van der Waals surface area contributed by atoms with E-state index in [-0.39, 0.29) is 6.29 Å². The number of rotatable bonds is 7. The lowest BCUT2D eigenvalue weighted by Gasteiger charge is -2.20. The van der Waals surface area contributed by atoms with Crippen LogP contribution in [-0.4, -0.2) is 26.1 Å². The van der Waals surface area contributed by atoms with Gasteiger partial charge < -0.3 is 14.2 Å². The quantitative estimate of drug-likeness (QED) is 0.696. The van der Waals surface area contributed by atoms with Crippen molar-refractivity contribution >= 4 is 0 Å². The number of aryl methyl sites for hydroxylation is 2. The maximum Gasteiger partial charge on any atom is 0.191 e. The lowest BCUT2D eigenvalue weighted by molar-refractivity contribution is -0.152. The summed E-state index contributed by atoms with van der Waals surface area (Å²) in [5.41, 5.74) is 3.56. The molecule has 1 aromatic rings. The van der Waals surface area contributed by atoms with Gasteiger partial charge in [0.2, 0.25) is 0 Å². The molecular weight excluding hydrogens is 228 g/mol. The molecular formula is C15H24O3. The Kier molecular flexibility index (Phi) is 6.16. The fourth-order valence-electron chi connectivity index (χ4n) is 1.82. The number of hydrogen-bond donors (Lipinski definition) is 0. The van der Waals surface area contributed by atoms with Crippen molar-refractivity contribution in [2.45, 2.75) is 40.9 Å². The molecule has 0 amide bonds. The molecule has 0 radical (unpaired) electrons. The van der Waals surface area contributed by atoms with E-state index < -0.39 is 0 Å². The molecule has 0 bridgehead atoms. The minimum absolute atomic E-state index is 0.292. The van der Waals surface area contributed by atoms with E-state index in [1.807, 2.05) is 13.8 Å². The first-order valence-electron chi connectivity index (χ1n) is 6.52. The SMILES string of the molecule is CCOC(COc1c(C)ccc(C)c1C)OCC. The smallest absolute Gasteiger partial charge is 0.191 e. The summed E-state index contributed by atoms with van der Waals surface area (Å²) < 4.78 is 16.8. The third-order valence-electron chi connectivity index (χ3n) is 2.94. The van der Waals surface area contributed by atoms with Crippen LogP contribution in [0.25, 0.3) is 0 Å². The summed E-state index contributed by atoms with van der Waals surface area (Å²) in [5.74, 6) is 0.944. The van der Waals surface area contributed by atoms with Gasteiger partial charge in [-0.15, -0.1) is 0 Å². The molecule has 0 heterocycles. The summed E-state index contributed by atoms with van der Waals surface area (Å²) in [5, 5.41) is 0. The fourth-order valence-corrected chi connectivity index (χ4v) is 1.82. The van der Waals surface area contributed by atoms with Crippen molar-refractivity contribution in [3.05, 3.63) is 28.8 Å². The molecule has 0 atom stereocenters. The summed E-state index contributed by atoms with van der Waals surface area (Å²) in [6.45, 7) is 11.8. The second-order valence-electron chi connectivity index (χ2n) is 4.30. The standard InChI is InChI=1S/C15H24O3/c1-6-16-14(17-7-2)10-18-15-12(4)9-8-11(3)13(15)5/h8-9,14H,6-7,10H2,1-5H3. The molecule has 0 aliphatic rings. The third kappa shape index (κ3) is 4.00. The van der Waals surface area contributed by atoms with E-state index >= 15 is 0 Å². The molecule has 0 unspecified atom stereocenters. The molecule has 0 spiro atoms. The van der Waals surface area contributed by atoms with Crippen LogP contribution in [0, 0.1) is 20.8 Å². The Hall–Kier alpha value is -1.06. The van der Waals surface area contributed by atoms with Crippen molar-refractivity contribution in [1.29, 1.82) is 0 Å². The van der Waals surface area contributed by atoms with E-state index in [2.05, 4.69) is 32.9 Å². The van der Waals surface area contributed by atoms with Gasteiger partial charge in [-0.2, -0.15) is 0 Å². The molecule has 1 rings (SSSR count). The van der Waals surface area contributed by atoms with Crippen molar-refractivity contribution in [3.63, 3.8) is 0 Å². The Balaban J connectivity index is 2.69. The minimum atomic E-state index is -0.292. The highest BCUT2D eigenvalue weighted by atomic mass is 16.7. The lowest BCUT2D eigenvalue weighted by atomic mass is 10.1. The second-order valence-corrected chi connectivity index (χ2v) is 4.30. The monoisotopic (exact) mass is 252 g/mol. The van der Waals surface area contributed by atoms with Crippen molar-refractivity contribution < 1.29 is 14.2 Å². The van der Waals surface area contributed by atoms with E-state index in [1.54, 1.807) is 0 Å². The van der Waals surface area contributed by atoms with Gasteiger partial charge in [0.1, 0.15) is 12.4 Å². The fraction of sp³-hybridized carbons (Fsp3) is 0.600. The van der Waals surface area contributed by atoms with Crippen molar-refractivity contribution in [2.75, 3.05) is 19.8 Å². The van der Waals surface area contributed by atoms with Crippen molar-refractivity contribution in [2.24, 2.45) is 0 Å². The molecule has 18 heavy (non-hydrogen) atoms. The van der Waals surface area contributed by atoms with Gasteiger partial charge in [0.15, 0.2) is 6.29 Å². The maximum absolute atomic E-state index is 5.87. The van der Waals surface area contributed by atoms with Crippen LogP contribution in [0.2, 0.25) is 0 Å². The van der Waals surface area contributed by atoms with Crippen molar-refractivity contribution in [1.82, 2.24) is 0 Å². The summed E-state index contributed by atoms with van der Waals surface area (Å²) >= 11 is 0. The van der Waals surface area contributed by atoms with Crippen LogP contribution in [0.1, 0.15) is 30.5 Å². The molecule has 0 fully saturated rings. The van der Waals surface area contributed by atoms with Crippen LogP contribution >= 0.6 is 0 Å². The van der Waals surface area contributed by atoms with E-state index in [0.29, 0.717) is 19.8 Å². The van der Waals surface area contributed by atoms with Gasteiger partial charge in [-0.3, -0.25) is 0 Å². The van der Waals surface area contributed by atoms with Gasteiger partial charge in [-0.05, 0) is 51.3 Å². The average Bonchev–Trinajstić information content (AvgIpc) is 2.34. The zero-order chi connectivity index (χ0) is 13.5. The zero-order valence-corrected chi connectivity index (χ0v) is 12.1. The van der Waals surface area contributed by atoms with E-state index in [0.717, 1.165) is 11.3 Å². The number of hydrogen-bond acceptors (Lipinski definition) is 3. The van der Waals surface area contributed by atoms with Crippen LogP contribution < -0.4 is 4.74 Å². The first-order valence-corrected chi connectivity index (χ1v) is 6.52. The Morgan fingerprint density at radius 3 is 2.06 bits per heavy atom. The highest BCUT2D eigenvalue weighted by molar-refractivity contribution is 5.44. The Bertz CT molecular complexity index is 368. The van der Waals surface area contributed by atoms with Gasteiger partial charge in [0.25, 0.3) is 0 Å². The van der Waals surface area contributed by atoms with E-state index in [1.165, 1.54) is 11.1 Å². The van der Waals surface area contributed by atoms with Crippen LogP contribution in [0.4, 0.5) is 0 Å². The summed E-state index contributed by atoms with van der Waals surface area (Å²) in [4.78, 5) is 0. The first-order chi connectivity index (χ1) is 8.60. The molecule has 3 nitrogen and oxygen atoms in total. The average molecular weight is 252 g/mol. The summed E-state index contributed by atoms with van der Waals surface area (Å²) in [6.07, 6.45) is -0.292. The molecule has 0 saturated heterocycles. The number of benzene rings is 1.